The molecule has 7 nitrogen and oxygen atoms in total. The summed E-state index contributed by atoms with van der Waals surface area (Å²) in [7, 11) is 1.76. The van der Waals surface area contributed by atoms with Crippen LogP contribution in [0.2, 0.25) is 0 Å². The molecule has 0 bridgehead atoms. The monoisotopic (exact) mass is 415 g/mol. The number of para-hydroxylation sites is 1. The van der Waals surface area contributed by atoms with Gasteiger partial charge in [-0.25, -0.2) is 0 Å². The Morgan fingerprint density at radius 1 is 1.03 bits per heavy atom. The van der Waals surface area contributed by atoms with Gasteiger partial charge >= 0.3 is 0 Å². The van der Waals surface area contributed by atoms with Crippen molar-refractivity contribution in [2.45, 2.75) is 13.0 Å². The molecule has 0 spiro atoms. The van der Waals surface area contributed by atoms with Gasteiger partial charge in [0.1, 0.15) is 0 Å². The normalized spacial score (nSPS) is 11.5. The van der Waals surface area contributed by atoms with Crippen LogP contribution in [0.1, 0.15) is 21.7 Å². The molecule has 0 radical (unpaired) electrons. The predicted octanol–water partition coefficient (Wildman–Crippen LogP) is 3.92. The van der Waals surface area contributed by atoms with E-state index in [0.29, 0.717) is 12.2 Å². The molecule has 0 aliphatic carbocycles. The summed E-state index contributed by atoms with van der Waals surface area (Å²) in [5, 5.41) is 10.7. The van der Waals surface area contributed by atoms with Crippen LogP contribution in [0.4, 0.5) is 5.69 Å². The quantitative estimate of drug-likeness (QED) is 0.272. The van der Waals surface area contributed by atoms with Crippen molar-refractivity contribution in [2.24, 2.45) is 4.99 Å². The molecule has 1 amide bonds. The SMILES string of the molecule is CN=C(NCCc1c[nH]c2ccccc12)NCc1ccc(NC(=O)c2ccco2)cc1. The second-order valence-electron chi connectivity index (χ2n) is 7.09. The minimum Gasteiger partial charge on any atom is -0.459 e. The lowest BCUT2D eigenvalue weighted by atomic mass is 10.1. The van der Waals surface area contributed by atoms with Crippen LogP contribution < -0.4 is 16.0 Å². The Morgan fingerprint density at radius 3 is 2.65 bits per heavy atom. The van der Waals surface area contributed by atoms with E-state index in [1.807, 2.05) is 30.3 Å². The van der Waals surface area contributed by atoms with Crippen molar-refractivity contribution in [3.8, 4) is 0 Å². The van der Waals surface area contributed by atoms with Gasteiger partial charge in [-0.15, -0.1) is 0 Å². The molecule has 4 rings (SSSR count). The molecule has 0 atom stereocenters. The predicted molar refractivity (Wildman–Crippen MR) is 123 cm³/mol. The van der Waals surface area contributed by atoms with Crippen molar-refractivity contribution in [3.05, 3.63) is 90.0 Å². The number of carbonyl (C=O) groups excluding carboxylic acids is 1. The first-order valence-corrected chi connectivity index (χ1v) is 10.2. The molecule has 0 unspecified atom stereocenters. The van der Waals surface area contributed by atoms with Crippen molar-refractivity contribution in [1.82, 2.24) is 15.6 Å². The number of nitrogens with one attached hydrogen (secondary N) is 4. The average molecular weight is 415 g/mol. The summed E-state index contributed by atoms with van der Waals surface area (Å²) >= 11 is 0. The highest BCUT2D eigenvalue weighted by molar-refractivity contribution is 6.02. The van der Waals surface area contributed by atoms with E-state index in [-0.39, 0.29) is 11.7 Å². The fourth-order valence-corrected chi connectivity index (χ4v) is 3.37. The third kappa shape index (κ3) is 5.14. The average Bonchev–Trinajstić information content (AvgIpc) is 3.48. The van der Waals surface area contributed by atoms with Crippen molar-refractivity contribution in [1.29, 1.82) is 0 Å². The number of guanidine groups is 1. The van der Waals surface area contributed by atoms with Crippen LogP contribution in [0, 0.1) is 0 Å². The lowest BCUT2D eigenvalue weighted by Gasteiger charge is -2.12. The Bertz CT molecular complexity index is 1160. The van der Waals surface area contributed by atoms with Gasteiger partial charge in [-0.3, -0.25) is 9.79 Å². The Labute approximate surface area is 180 Å². The second kappa shape index (κ2) is 9.67. The molecule has 31 heavy (non-hydrogen) atoms. The standard InChI is InChI=1S/C24H25N5O2/c1-25-24(26-13-12-18-16-27-21-6-3-2-5-20(18)21)28-15-17-8-10-19(11-9-17)29-23(30)22-7-4-14-31-22/h2-11,14,16,27H,12-13,15H2,1H3,(H,29,30)(H2,25,26,28). The van der Waals surface area contributed by atoms with Crippen molar-refractivity contribution in [3.63, 3.8) is 0 Å². The number of carbonyl (C=O) groups is 1. The van der Waals surface area contributed by atoms with Crippen LogP contribution in [0.3, 0.4) is 0 Å². The van der Waals surface area contributed by atoms with E-state index in [9.17, 15) is 4.79 Å². The van der Waals surface area contributed by atoms with E-state index in [4.69, 9.17) is 4.42 Å². The largest absolute Gasteiger partial charge is 0.459 e. The van der Waals surface area contributed by atoms with Gasteiger partial charge in [0, 0.05) is 42.9 Å². The Balaban J connectivity index is 1.24. The molecular formula is C24H25N5O2. The van der Waals surface area contributed by atoms with E-state index >= 15 is 0 Å². The van der Waals surface area contributed by atoms with Gasteiger partial charge in [-0.1, -0.05) is 30.3 Å². The first-order valence-electron chi connectivity index (χ1n) is 10.2. The molecule has 2 aromatic carbocycles. The topological polar surface area (TPSA) is 94.5 Å². The third-order valence-corrected chi connectivity index (χ3v) is 5.00. The van der Waals surface area contributed by atoms with Gasteiger partial charge in [0.05, 0.1) is 6.26 Å². The zero-order valence-electron chi connectivity index (χ0n) is 17.3. The van der Waals surface area contributed by atoms with Crippen molar-refractivity contribution in [2.75, 3.05) is 18.9 Å². The van der Waals surface area contributed by atoms with Crippen LogP contribution in [0.15, 0.2) is 82.5 Å². The van der Waals surface area contributed by atoms with Gasteiger partial charge in [-0.05, 0) is 47.9 Å². The van der Waals surface area contributed by atoms with E-state index in [2.05, 4.69) is 50.3 Å². The summed E-state index contributed by atoms with van der Waals surface area (Å²) in [6, 6.07) is 19.3. The highest BCUT2D eigenvalue weighted by atomic mass is 16.3. The summed E-state index contributed by atoms with van der Waals surface area (Å²) in [5.74, 6) is 0.763. The summed E-state index contributed by atoms with van der Waals surface area (Å²) in [5.41, 5.74) is 4.23. The Kier molecular flexibility index (Phi) is 6.32. The maximum absolute atomic E-state index is 12.0. The van der Waals surface area contributed by atoms with Crippen molar-refractivity contribution >= 4 is 28.5 Å². The summed E-state index contributed by atoms with van der Waals surface area (Å²) < 4.78 is 5.10. The molecule has 2 heterocycles. The number of aromatic nitrogens is 1. The highest BCUT2D eigenvalue weighted by Gasteiger charge is 2.08. The minimum atomic E-state index is -0.268. The Morgan fingerprint density at radius 2 is 1.87 bits per heavy atom. The second-order valence-corrected chi connectivity index (χ2v) is 7.09. The van der Waals surface area contributed by atoms with Crippen LogP contribution in [-0.4, -0.2) is 30.4 Å². The van der Waals surface area contributed by atoms with Crippen LogP contribution in [0.5, 0.6) is 0 Å². The molecule has 7 heteroatoms. The minimum absolute atomic E-state index is 0.268. The first-order chi connectivity index (χ1) is 15.2. The molecule has 0 aliphatic rings. The number of amides is 1. The maximum atomic E-state index is 12.0. The number of furan rings is 1. The lowest BCUT2D eigenvalue weighted by Crippen LogP contribution is -2.37. The number of hydrogen-bond donors (Lipinski definition) is 4. The molecule has 4 N–H and O–H groups in total. The van der Waals surface area contributed by atoms with Gasteiger partial charge in [0.25, 0.3) is 5.91 Å². The smallest absolute Gasteiger partial charge is 0.291 e. The fourth-order valence-electron chi connectivity index (χ4n) is 3.37. The number of aromatic amines is 1. The highest BCUT2D eigenvalue weighted by Crippen LogP contribution is 2.17. The number of fused-ring (bicyclic) bond motifs is 1. The van der Waals surface area contributed by atoms with Gasteiger partial charge in [0.2, 0.25) is 0 Å². The molecular weight excluding hydrogens is 390 g/mol. The Hall–Kier alpha value is -4.00. The molecule has 2 aromatic heterocycles. The maximum Gasteiger partial charge on any atom is 0.291 e. The number of H-pyrrole nitrogens is 1. The van der Waals surface area contributed by atoms with E-state index in [0.717, 1.165) is 30.0 Å². The van der Waals surface area contributed by atoms with E-state index < -0.39 is 0 Å². The number of benzene rings is 2. The zero-order valence-corrected chi connectivity index (χ0v) is 17.3. The number of anilines is 1. The number of hydrogen-bond acceptors (Lipinski definition) is 3. The number of nitrogens with zero attached hydrogens (tertiary/aromatic N) is 1. The molecule has 0 aliphatic heterocycles. The first kappa shape index (κ1) is 20.3. The summed E-state index contributed by atoms with van der Waals surface area (Å²) in [6.45, 7) is 1.40. The van der Waals surface area contributed by atoms with Gasteiger partial charge in [0.15, 0.2) is 11.7 Å². The molecule has 0 saturated heterocycles. The number of rotatable bonds is 7. The number of aliphatic imine (C=N–C) groups is 1. The zero-order chi connectivity index (χ0) is 21.5. The molecule has 4 aromatic rings. The molecule has 0 saturated carbocycles. The van der Waals surface area contributed by atoms with Gasteiger partial charge in [-0.2, -0.15) is 0 Å². The van der Waals surface area contributed by atoms with Crippen LogP contribution in [-0.2, 0) is 13.0 Å². The molecule has 158 valence electrons. The van der Waals surface area contributed by atoms with Gasteiger partial charge < -0.3 is 25.4 Å². The fraction of sp³-hybridized carbons (Fsp3) is 0.167. The molecule has 0 fully saturated rings. The van der Waals surface area contributed by atoms with Crippen LogP contribution in [0.25, 0.3) is 10.9 Å². The van der Waals surface area contributed by atoms with E-state index in [1.165, 1.54) is 17.2 Å². The van der Waals surface area contributed by atoms with Crippen LogP contribution >= 0.6 is 0 Å². The lowest BCUT2D eigenvalue weighted by molar-refractivity contribution is 0.0996. The van der Waals surface area contributed by atoms with E-state index in [1.54, 1.807) is 19.2 Å². The summed E-state index contributed by atoms with van der Waals surface area (Å²) in [6.07, 6.45) is 4.44. The third-order valence-electron chi connectivity index (χ3n) is 5.00. The van der Waals surface area contributed by atoms with Crippen molar-refractivity contribution < 1.29 is 9.21 Å². The summed E-state index contributed by atoms with van der Waals surface area (Å²) in [4.78, 5) is 19.6.